The summed E-state index contributed by atoms with van der Waals surface area (Å²) < 4.78 is 36.7. The van der Waals surface area contributed by atoms with Crippen molar-refractivity contribution < 1.29 is 62.3 Å². The topological polar surface area (TPSA) is 184 Å². The van der Waals surface area contributed by atoms with Crippen LogP contribution in [-0.2, 0) is 52.1 Å². The number of cyclic esters (lactones) is 1. The average molecular weight is 986 g/mol. The molecule has 15 heteroatoms. The molecule has 0 aromatic rings. The average Bonchev–Trinajstić information content (AvgIpc) is 3.30. The van der Waals surface area contributed by atoms with Gasteiger partial charge >= 0.3 is 5.97 Å². The lowest BCUT2D eigenvalue weighted by Crippen LogP contribution is -2.61. The van der Waals surface area contributed by atoms with Gasteiger partial charge in [0.25, 0.3) is 11.7 Å². The molecule has 15 atom stereocenters. The van der Waals surface area contributed by atoms with Crippen LogP contribution in [0.3, 0.4) is 0 Å². The summed E-state index contributed by atoms with van der Waals surface area (Å²) in [6, 6.07) is -1.13. The highest BCUT2D eigenvalue weighted by atomic mass is 28.4. The van der Waals surface area contributed by atoms with E-state index >= 15 is 0 Å². The maximum absolute atomic E-state index is 14.5. The van der Waals surface area contributed by atoms with E-state index in [1.807, 2.05) is 83.8 Å². The predicted molar refractivity (Wildman–Crippen MR) is 267 cm³/mol. The number of Topliss-reactive ketones (excluding diaryl/α,β-unsaturated/α-hetero) is 3. The largest absolute Gasteiger partial charge is 0.460 e. The molecule has 69 heavy (non-hydrogen) atoms. The van der Waals surface area contributed by atoms with Gasteiger partial charge in [-0.15, -0.1) is 0 Å². The van der Waals surface area contributed by atoms with Crippen LogP contribution in [0.25, 0.3) is 0 Å². The Labute approximate surface area is 414 Å². The third-order valence-electron chi connectivity index (χ3n) is 14.9. The standard InChI is InChI=1S/C54H87NO13Si/c1-33-19-15-14-16-20-34(2)45(63-8)31-41-24-22-39(7)54(62,67-41)51(59)52(60)55-26-18-17-21-42(55)53(61)66-46(36(4)29-40-23-25-43(56)47(30-40)64-9)32-44(57)35(3)28-38(6)49(68-69(11,12)13)50(65-10)48(58)37(5)27-33/h14-16,19-20,28,33,35-37,39-43,45-47,49-50,56,62H,17-18,21-27,29-32H2,1-13H3/b16-14+,19-15+,34-20+,38-28+/t33-,35-,36-,37-,39-,40-,41+,42+,43-,45+,46+,47-,49-,50+,54-/m1/s1. The molecule has 0 aromatic carbocycles. The molecule has 14 nitrogen and oxygen atoms in total. The van der Waals surface area contributed by atoms with E-state index in [9.17, 15) is 34.2 Å². The monoisotopic (exact) mass is 986 g/mol. The Morgan fingerprint density at radius 3 is 2.20 bits per heavy atom. The van der Waals surface area contributed by atoms with Crippen LogP contribution < -0.4 is 0 Å². The van der Waals surface area contributed by atoms with Gasteiger partial charge in [0.15, 0.2) is 14.1 Å². The number of carbonyl (C=O) groups is 5. The third kappa shape index (κ3) is 16.2. The highest BCUT2D eigenvalue weighted by molar-refractivity contribution is 6.69. The summed E-state index contributed by atoms with van der Waals surface area (Å²) in [5.74, 6) is -7.43. The minimum absolute atomic E-state index is 0.0556. The molecule has 3 aliphatic heterocycles. The first-order chi connectivity index (χ1) is 32.4. The molecule has 0 aromatic heterocycles. The van der Waals surface area contributed by atoms with Crippen molar-refractivity contribution in [2.45, 2.75) is 200 Å². The van der Waals surface area contributed by atoms with Crippen LogP contribution in [0.1, 0.15) is 126 Å². The molecule has 1 aliphatic carbocycles. The van der Waals surface area contributed by atoms with Crippen molar-refractivity contribution >= 4 is 37.5 Å². The molecule has 4 aliphatic rings. The number of carbonyl (C=O) groups excluding carboxylic acids is 5. The summed E-state index contributed by atoms with van der Waals surface area (Å²) in [6.07, 6.45) is 12.7. The number of ether oxygens (including phenoxy) is 5. The molecule has 3 fully saturated rings. The van der Waals surface area contributed by atoms with Crippen LogP contribution in [0.15, 0.2) is 47.6 Å². The highest BCUT2D eigenvalue weighted by Crippen LogP contribution is 2.38. The van der Waals surface area contributed by atoms with Crippen LogP contribution in [0.4, 0.5) is 0 Å². The summed E-state index contributed by atoms with van der Waals surface area (Å²) >= 11 is 0. The van der Waals surface area contributed by atoms with Gasteiger partial charge in [-0.25, -0.2) is 4.79 Å². The van der Waals surface area contributed by atoms with Crippen LogP contribution in [0.2, 0.25) is 19.6 Å². The molecule has 0 spiro atoms. The summed E-state index contributed by atoms with van der Waals surface area (Å²) in [4.78, 5) is 73.1. The number of amides is 1. The van der Waals surface area contributed by atoms with E-state index < -0.39 is 86.3 Å². The minimum Gasteiger partial charge on any atom is -0.460 e. The van der Waals surface area contributed by atoms with Crippen molar-refractivity contribution in [1.82, 2.24) is 4.90 Å². The predicted octanol–water partition coefficient (Wildman–Crippen LogP) is 8.04. The number of fused-ring (bicyclic) bond motifs is 3. The van der Waals surface area contributed by atoms with Gasteiger partial charge in [-0.2, -0.15) is 0 Å². The first-order valence-electron chi connectivity index (χ1n) is 25.6. The van der Waals surface area contributed by atoms with Gasteiger partial charge in [-0.1, -0.05) is 71.1 Å². The molecule has 390 valence electrons. The number of hydrogen-bond acceptors (Lipinski definition) is 13. The normalized spacial score (nSPS) is 39.0. The second-order valence-corrected chi connectivity index (χ2v) is 26.3. The quantitative estimate of drug-likeness (QED) is 0.103. The molecule has 2 N–H and O–H groups in total. The zero-order chi connectivity index (χ0) is 51.4. The summed E-state index contributed by atoms with van der Waals surface area (Å²) in [7, 11) is 2.40. The van der Waals surface area contributed by atoms with Crippen molar-refractivity contribution in [3.63, 3.8) is 0 Å². The Kier molecular flexibility index (Phi) is 22.4. The van der Waals surface area contributed by atoms with Gasteiger partial charge < -0.3 is 43.2 Å². The minimum atomic E-state index is -2.42. The zero-order valence-corrected chi connectivity index (χ0v) is 45.1. The van der Waals surface area contributed by atoms with Crippen LogP contribution in [-0.4, -0.2) is 135 Å². The van der Waals surface area contributed by atoms with E-state index in [0.717, 1.165) is 12.0 Å². The van der Waals surface area contributed by atoms with Gasteiger partial charge in [-0.05, 0) is 127 Å². The number of ketones is 3. The summed E-state index contributed by atoms with van der Waals surface area (Å²) in [6.45, 7) is 19.4. The fourth-order valence-corrected chi connectivity index (χ4v) is 11.7. The molecular weight excluding hydrogens is 899 g/mol. The number of aliphatic hydroxyl groups is 2. The van der Waals surface area contributed by atoms with E-state index in [1.165, 1.54) is 12.0 Å². The van der Waals surface area contributed by atoms with E-state index in [-0.39, 0.29) is 60.7 Å². The van der Waals surface area contributed by atoms with Gasteiger partial charge in [0, 0.05) is 58.5 Å². The van der Waals surface area contributed by atoms with E-state index in [4.69, 9.17) is 28.1 Å². The number of esters is 1. The molecular formula is C54H87NO13Si. The van der Waals surface area contributed by atoms with Crippen LogP contribution in [0.5, 0.6) is 0 Å². The van der Waals surface area contributed by atoms with E-state index in [2.05, 4.69) is 6.92 Å². The maximum Gasteiger partial charge on any atom is 0.329 e. The molecule has 1 amide bonds. The SMILES string of the molecule is CO[C@H]1C[C@@H]2CC[C@@H](C)[C@@](O)(O2)C(=O)C(=O)N2CCCC[C@H]2C(=O)O[C@H]([C@H](C)C[C@H]2CC[C@@H](O)[C@H](OC)C2)CC(=O)[C@H](C)/C=C(\C)[C@@H](O[Si](C)(C)C)[C@@H](OC)C(=O)[C@H](C)C[C@H](C)/C=C/C=C/C=C/1C. The van der Waals surface area contributed by atoms with E-state index in [0.29, 0.717) is 63.4 Å². The van der Waals surface area contributed by atoms with Crippen molar-refractivity contribution in [2.24, 2.45) is 35.5 Å². The van der Waals surface area contributed by atoms with Crippen molar-refractivity contribution in [3.05, 3.63) is 47.6 Å². The number of rotatable bonds is 8. The lowest BCUT2D eigenvalue weighted by molar-refractivity contribution is -0.265. The number of aliphatic hydroxyl groups excluding tert-OH is 1. The first kappa shape index (κ1) is 58.4. The highest BCUT2D eigenvalue weighted by Gasteiger charge is 2.53. The number of hydrogen-bond donors (Lipinski definition) is 2. The second kappa shape index (κ2) is 26.5. The fourth-order valence-electron chi connectivity index (χ4n) is 10.6. The lowest BCUT2D eigenvalue weighted by atomic mass is 9.78. The van der Waals surface area contributed by atoms with Crippen LogP contribution in [0, 0.1) is 35.5 Å². The van der Waals surface area contributed by atoms with Gasteiger partial charge in [-0.3, -0.25) is 19.2 Å². The maximum atomic E-state index is 14.5. The Morgan fingerprint density at radius 1 is 0.841 bits per heavy atom. The Morgan fingerprint density at radius 2 is 1.55 bits per heavy atom. The summed E-state index contributed by atoms with van der Waals surface area (Å²) in [5.41, 5.74) is 1.58. The Hall–Kier alpha value is -3.15. The fraction of sp³-hybridized carbons (Fsp3) is 0.759. The third-order valence-corrected chi connectivity index (χ3v) is 15.9. The Balaban J connectivity index is 1.76. The number of allylic oxidation sites excluding steroid dienone is 6. The first-order valence-corrected chi connectivity index (χ1v) is 29.0. The molecule has 4 rings (SSSR count). The zero-order valence-electron chi connectivity index (χ0n) is 44.1. The molecule has 1 saturated carbocycles. The number of methoxy groups -OCH3 is 3. The second-order valence-electron chi connectivity index (χ2n) is 21.8. The van der Waals surface area contributed by atoms with Crippen molar-refractivity contribution in [1.29, 1.82) is 0 Å². The molecule has 0 unspecified atom stereocenters. The van der Waals surface area contributed by atoms with Gasteiger partial charge in [0.2, 0.25) is 5.79 Å². The lowest BCUT2D eigenvalue weighted by Gasteiger charge is -2.42. The van der Waals surface area contributed by atoms with Crippen LogP contribution >= 0.6 is 0 Å². The molecule has 0 radical (unpaired) electrons. The molecule has 2 bridgehead atoms. The number of piperidine rings is 1. The van der Waals surface area contributed by atoms with E-state index in [1.54, 1.807) is 28.1 Å². The summed E-state index contributed by atoms with van der Waals surface area (Å²) in [5, 5.41) is 22.5. The molecule has 3 heterocycles. The Bertz CT molecular complexity index is 1870. The van der Waals surface area contributed by atoms with Crippen molar-refractivity contribution in [3.8, 4) is 0 Å². The molecule has 2 saturated heterocycles. The smallest absolute Gasteiger partial charge is 0.329 e. The van der Waals surface area contributed by atoms with Gasteiger partial charge in [0.1, 0.15) is 24.0 Å². The van der Waals surface area contributed by atoms with Gasteiger partial charge in [0.05, 0.1) is 30.5 Å². The number of nitrogens with zero attached hydrogens (tertiary/aromatic N) is 1. The van der Waals surface area contributed by atoms with Crippen molar-refractivity contribution in [2.75, 3.05) is 27.9 Å².